The molecule has 0 spiro atoms. The summed E-state index contributed by atoms with van der Waals surface area (Å²) in [7, 11) is 0. The van der Waals surface area contributed by atoms with Crippen molar-refractivity contribution < 1.29 is 13.7 Å². The van der Waals surface area contributed by atoms with Crippen LogP contribution in [0, 0.1) is 17.0 Å². The Morgan fingerprint density at radius 3 is 2.67 bits per heavy atom. The zero-order chi connectivity index (χ0) is 11.6. The molecule has 0 bridgehead atoms. The number of nitrogens with two attached hydrogens (primary N) is 1. The van der Waals surface area contributed by atoms with E-state index in [1.807, 2.05) is 0 Å². The number of hydrogen-bond donors (Lipinski definition) is 1. The Kier molecular flexibility index (Phi) is 3.25. The molecule has 0 aliphatic carbocycles. The molecule has 82 valence electrons. The average Bonchev–Trinajstić information content (AvgIpc) is 2.16. The molecule has 1 rings (SSSR count). The Morgan fingerprint density at radius 1 is 1.67 bits per heavy atom. The minimum Gasteiger partial charge on any atom is -0.358 e. The molecule has 0 saturated carbocycles. The van der Waals surface area contributed by atoms with Gasteiger partial charge in [0.25, 0.3) is 0 Å². The first-order valence-electron chi connectivity index (χ1n) is 4.10. The van der Waals surface area contributed by atoms with Crippen LogP contribution in [0.25, 0.3) is 0 Å². The molecule has 0 amide bonds. The van der Waals surface area contributed by atoms with Crippen LogP contribution in [0.4, 0.5) is 14.6 Å². The molecule has 0 radical (unpaired) electrons. The molecular weight excluding hydrogens is 208 g/mol. The quantitative estimate of drug-likeness (QED) is 0.617. The fraction of sp³-hybridized carbons (Fsp3) is 0.375. The summed E-state index contributed by atoms with van der Waals surface area (Å²) in [6.45, 7) is 1.39. The van der Waals surface area contributed by atoms with Crippen LogP contribution in [0.3, 0.4) is 0 Å². The van der Waals surface area contributed by atoms with Crippen LogP contribution in [0.2, 0.25) is 0 Å². The van der Waals surface area contributed by atoms with Gasteiger partial charge in [-0.25, -0.2) is 8.78 Å². The summed E-state index contributed by atoms with van der Waals surface area (Å²) in [6.07, 6.45) is -2.82. The van der Waals surface area contributed by atoms with Crippen molar-refractivity contribution >= 4 is 5.82 Å². The van der Waals surface area contributed by atoms with E-state index < -0.39 is 22.9 Å². The molecule has 0 atom stereocenters. The lowest BCUT2D eigenvalue weighted by Crippen LogP contribution is -2.08. The topological polar surface area (TPSA) is 82.0 Å². The van der Waals surface area contributed by atoms with Crippen LogP contribution in [-0.2, 0) is 6.54 Å². The smallest absolute Gasteiger partial charge is 0.358 e. The van der Waals surface area contributed by atoms with Crippen LogP contribution in [-0.4, -0.2) is 9.91 Å². The Balaban J connectivity index is 3.38. The zero-order valence-corrected chi connectivity index (χ0v) is 7.91. The molecule has 0 aliphatic rings. The summed E-state index contributed by atoms with van der Waals surface area (Å²) in [5.74, 6) is -0.590. The van der Waals surface area contributed by atoms with E-state index >= 15 is 0 Å². The Morgan fingerprint density at radius 2 is 2.27 bits per heavy atom. The minimum atomic E-state index is -2.82. The number of pyridine rings is 1. The lowest BCUT2D eigenvalue weighted by atomic mass is 10.1. The summed E-state index contributed by atoms with van der Waals surface area (Å²) in [4.78, 5) is 13.0. The van der Waals surface area contributed by atoms with Crippen LogP contribution < -0.4 is 5.73 Å². The first-order chi connectivity index (χ1) is 6.97. The maximum absolute atomic E-state index is 12.3. The summed E-state index contributed by atoms with van der Waals surface area (Å²) in [5, 5.41) is 10.6. The summed E-state index contributed by atoms with van der Waals surface area (Å²) < 4.78 is 24.6. The van der Waals surface area contributed by atoms with E-state index in [1.54, 1.807) is 0 Å². The third-order valence-corrected chi connectivity index (χ3v) is 1.95. The lowest BCUT2D eigenvalue weighted by molar-refractivity contribution is -0.390. The molecule has 0 aromatic carbocycles. The van der Waals surface area contributed by atoms with Crippen LogP contribution in [0.1, 0.15) is 23.2 Å². The van der Waals surface area contributed by atoms with Gasteiger partial charge < -0.3 is 15.8 Å². The van der Waals surface area contributed by atoms with Crippen molar-refractivity contribution in [1.82, 2.24) is 4.98 Å². The van der Waals surface area contributed by atoms with Crippen molar-refractivity contribution in [3.63, 3.8) is 0 Å². The zero-order valence-electron chi connectivity index (χ0n) is 7.91. The SMILES string of the molecule is Cc1cc(C(F)F)nc([N+](=O)[O-])c1CN. The normalized spacial score (nSPS) is 10.7. The van der Waals surface area contributed by atoms with E-state index in [2.05, 4.69) is 4.98 Å². The van der Waals surface area contributed by atoms with Gasteiger partial charge in [0.05, 0.1) is 5.56 Å². The number of aryl methyl sites for hydroxylation is 1. The standard InChI is InChI=1S/C8H9F2N3O2/c1-4-2-6(7(9)10)12-8(13(14)15)5(4)3-11/h2,7H,3,11H2,1H3. The molecule has 2 N–H and O–H groups in total. The van der Waals surface area contributed by atoms with Crippen LogP contribution in [0.5, 0.6) is 0 Å². The molecule has 0 saturated heterocycles. The highest BCUT2D eigenvalue weighted by Crippen LogP contribution is 2.25. The molecular formula is C8H9F2N3O2. The summed E-state index contributed by atoms with van der Waals surface area (Å²) in [6, 6.07) is 1.11. The average molecular weight is 217 g/mol. The fourth-order valence-corrected chi connectivity index (χ4v) is 1.22. The van der Waals surface area contributed by atoms with E-state index in [0.717, 1.165) is 6.07 Å². The van der Waals surface area contributed by atoms with Crippen molar-refractivity contribution in [1.29, 1.82) is 0 Å². The monoisotopic (exact) mass is 217 g/mol. The molecule has 1 aromatic rings. The van der Waals surface area contributed by atoms with Gasteiger partial charge >= 0.3 is 12.2 Å². The van der Waals surface area contributed by atoms with Crippen molar-refractivity contribution in [2.45, 2.75) is 19.9 Å². The van der Waals surface area contributed by atoms with E-state index in [0.29, 0.717) is 5.56 Å². The molecule has 15 heavy (non-hydrogen) atoms. The second-order valence-corrected chi connectivity index (χ2v) is 2.93. The van der Waals surface area contributed by atoms with Gasteiger partial charge in [-0.05, 0) is 28.5 Å². The van der Waals surface area contributed by atoms with Crippen LogP contribution in [0.15, 0.2) is 6.07 Å². The van der Waals surface area contributed by atoms with E-state index in [9.17, 15) is 18.9 Å². The van der Waals surface area contributed by atoms with Gasteiger partial charge in [-0.3, -0.25) is 0 Å². The Bertz CT molecular complexity index is 396. The van der Waals surface area contributed by atoms with E-state index in [4.69, 9.17) is 5.73 Å². The fourth-order valence-electron chi connectivity index (χ4n) is 1.22. The first kappa shape index (κ1) is 11.4. The van der Waals surface area contributed by atoms with Crippen molar-refractivity contribution in [2.75, 3.05) is 0 Å². The maximum atomic E-state index is 12.3. The van der Waals surface area contributed by atoms with Crippen LogP contribution >= 0.6 is 0 Å². The lowest BCUT2D eigenvalue weighted by Gasteiger charge is -2.04. The van der Waals surface area contributed by atoms with E-state index in [1.165, 1.54) is 6.92 Å². The maximum Gasteiger partial charge on any atom is 0.368 e. The molecule has 0 unspecified atom stereocenters. The summed E-state index contributed by atoms with van der Waals surface area (Å²) in [5.41, 5.74) is 5.22. The number of rotatable bonds is 3. The molecule has 5 nitrogen and oxygen atoms in total. The van der Waals surface area contributed by atoms with Gasteiger partial charge in [0.15, 0.2) is 0 Å². The highest BCUT2D eigenvalue weighted by atomic mass is 19.3. The predicted molar refractivity (Wildman–Crippen MR) is 48.5 cm³/mol. The highest BCUT2D eigenvalue weighted by Gasteiger charge is 2.23. The summed E-state index contributed by atoms with van der Waals surface area (Å²) >= 11 is 0. The van der Waals surface area contributed by atoms with Crippen molar-refractivity contribution in [3.05, 3.63) is 33.0 Å². The Labute approximate surface area is 84.1 Å². The third kappa shape index (κ3) is 2.24. The first-order valence-corrected chi connectivity index (χ1v) is 4.10. The number of alkyl halides is 2. The van der Waals surface area contributed by atoms with Gasteiger partial charge in [0.1, 0.15) is 0 Å². The second-order valence-electron chi connectivity index (χ2n) is 2.93. The van der Waals surface area contributed by atoms with Gasteiger partial charge in [-0.2, -0.15) is 0 Å². The second kappa shape index (κ2) is 4.26. The highest BCUT2D eigenvalue weighted by molar-refractivity contribution is 5.40. The number of hydrogen-bond acceptors (Lipinski definition) is 4. The molecule has 1 heterocycles. The number of halogens is 2. The van der Waals surface area contributed by atoms with Crippen molar-refractivity contribution in [2.24, 2.45) is 5.73 Å². The molecule has 7 heteroatoms. The molecule has 1 aromatic heterocycles. The number of aromatic nitrogens is 1. The molecule has 0 aliphatic heterocycles. The number of nitrogens with zero attached hydrogens (tertiary/aromatic N) is 2. The largest absolute Gasteiger partial charge is 0.368 e. The number of nitro groups is 1. The van der Waals surface area contributed by atoms with Crippen molar-refractivity contribution in [3.8, 4) is 0 Å². The molecule has 0 fully saturated rings. The van der Waals surface area contributed by atoms with Gasteiger partial charge in [0.2, 0.25) is 5.69 Å². The van der Waals surface area contributed by atoms with Gasteiger partial charge in [-0.1, -0.05) is 0 Å². The third-order valence-electron chi connectivity index (χ3n) is 1.95. The van der Waals surface area contributed by atoms with E-state index in [-0.39, 0.29) is 12.1 Å². The van der Waals surface area contributed by atoms with Gasteiger partial charge in [0, 0.05) is 6.54 Å². The minimum absolute atomic E-state index is 0.0985. The van der Waals surface area contributed by atoms with Gasteiger partial charge in [-0.15, -0.1) is 0 Å². The Hall–Kier alpha value is -1.63. The predicted octanol–water partition coefficient (Wildman–Crippen LogP) is 1.69.